The Hall–Kier alpha value is -3.39. The lowest BCUT2D eigenvalue weighted by atomic mass is 10.2. The first kappa shape index (κ1) is 18.0. The number of pyridine rings is 1. The fraction of sp³-hybridized carbons (Fsp3) is 0. The lowest BCUT2D eigenvalue weighted by Crippen LogP contribution is -1.91. The van der Waals surface area contributed by atoms with Gasteiger partial charge in [-0.15, -0.1) is 0 Å². The van der Waals surface area contributed by atoms with Gasteiger partial charge in [0.15, 0.2) is 11.4 Å². The number of hydrogen-bond donors (Lipinski definition) is 3. The molecular formula is C16H12ClN3O5. The van der Waals surface area contributed by atoms with Gasteiger partial charge in [0.1, 0.15) is 0 Å². The number of hydrogen-bond acceptors (Lipinski definition) is 6. The van der Waals surface area contributed by atoms with Crippen molar-refractivity contribution >= 4 is 46.0 Å². The van der Waals surface area contributed by atoms with Gasteiger partial charge in [-0.3, -0.25) is 4.98 Å². The molecule has 0 aliphatic rings. The Bertz CT molecular complexity index is 893. The van der Waals surface area contributed by atoms with Crippen LogP contribution in [0, 0.1) is 0 Å². The van der Waals surface area contributed by atoms with Crippen molar-refractivity contribution in [1.82, 2.24) is 10.1 Å². The summed E-state index contributed by atoms with van der Waals surface area (Å²) in [5, 5.41) is 24.3. The summed E-state index contributed by atoms with van der Waals surface area (Å²) in [4.78, 5) is 23.1. The summed E-state index contributed by atoms with van der Waals surface area (Å²) in [7, 11) is 0. The molecule has 8 nitrogen and oxygen atoms in total. The van der Waals surface area contributed by atoms with E-state index in [-0.39, 0.29) is 0 Å². The van der Waals surface area contributed by atoms with Crippen LogP contribution in [0.1, 0.15) is 0 Å². The van der Waals surface area contributed by atoms with Crippen molar-refractivity contribution in [2.75, 3.05) is 5.32 Å². The second-order valence-corrected chi connectivity index (χ2v) is 4.98. The molecule has 0 unspecified atom stereocenters. The second kappa shape index (κ2) is 8.46. The molecule has 2 heterocycles. The number of aromatic nitrogens is 2. The molecule has 0 aliphatic heterocycles. The molecule has 3 aromatic rings. The summed E-state index contributed by atoms with van der Waals surface area (Å²) < 4.78 is 5.19. The fourth-order valence-electron chi connectivity index (χ4n) is 1.72. The Labute approximate surface area is 146 Å². The van der Waals surface area contributed by atoms with Gasteiger partial charge < -0.3 is 20.1 Å². The normalized spacial score (nSPS) is 10.3. The zero-order valence-electron chi connectivity index (χ0n) is 12.6. The van der Waals surface area contributed by atoms with Crippen LogP contribution in [0.4, 0.5) is 11.5 Å². The van der Waals surface area contributed by atoms with Crippen molar-refractivity contribution in [1.29, 1.82) is 0 Å². The molecule has 0 amide bonds. The number of anilines is 2. The maximum absolute atomic E-state index is 9.55. The lowest BCUT2D eigenvalue weighted by molar-refractivity contribution is -0.134. The van der Waals surface area contributed by atoms with Crippen LogP contribution in [-0.4, -0.2) is 32.3 Å². The van der Waals surface area contributed by atoms with Crippen LogP contribution in [0.3, 0.4) is 0 Å². The van der Waals surface area contributed by atoms with Crippen molar-refractivity contribution in [3.8, 4) is 0 Å². The van der Waals surface area contributed by atoms with Crippen molar-refractivity contribution < 1.29 is 24.3 Å². The Balaban J connectivity index is 0.000000242. The zero-order chi connectivity index (χ0) is 18.2. The predicted octanol–water partition coefficient (Wildman–Crippen LogP) is 3.33. The number of carboxylic acids is 2. The highest BCUT2D eigenvalue weighted by Gasteiger charge is 2.08. The van der Waals surface area contributed by atoms with Crippen LogP contribution in [-0.2, 0) is 9.59 Å². The fourth-order valence-corrected chi connectivity index (χ4v) is 1.88. The van der Waals surface area contributed by atoms with Gasteiger partial charge >= 0.3 is 11.9 Å². The zero-order valence-corrected chi connectivity index (χ0v) is 13.3. The van der Waals surface area contributed by atoms with E-state index in [2.05, 4.69) is 15.5 Å². The average Bonchev–Trinajstić information content (AvgIpc) is 2.96. The van der Waals surface area contributed by atoms with Gasteiger partial charge in [0, 0.05) is 41.3 Å². The molecule has 0 spiro atoms. The van der Waals surface area contributed by atoms with Crippen LogP contribution in [0.25, 0.3) is 11.0 Å². The summed E-state index contributed by atoms with van der Waals surface area (Å²) in [6.45, 7) is 0. The average molecular weight is 362 g/mol. The molecule has 3 N–H and O–H groups in total. The minimum atomic E-state index is -1.26. The number of halogens is 1. The summed E-state index contributed by atoms with van der Waals surface area (Å²) in [5.74, 6) is -1.84. The largest absolute Gasteiger partial charge is 0.478 e. The topological polar surface area (TPSA) is 126 Å². The highest BCUT2D eigenvalue weighted by Crippen LogP contribution is 2.27. The van der Waals surface area contributed by atoms with Gasteiger partial charge in [-0.1, -0.05) is 16.8 Å². The molecular weight excluding hydrogens is 350 g/mol. The molecule has 0 atom stereocenters. The number of aliphatic carboxylic acids is 2. The Morgan fingerprint density at radius 1 is 1.08 bits per heavy atom. The number of benzene rings is 1. The van der Waals surface area contributed by atoms with Gasteiger partial charge in [0.25, 0.3) is 0 Å². The SMILES string of the molecule is Clc1ccc2c(Nc3ccncc3)noc2c1.O=C(O)C=CC(=O)O. The Morgan fingerprint density at radius 3 is 2.32 bits per heavy atom. The van der Waals surface area contributed by atoms with E-state index in [9.17, 15) is 9.59 Å². The van der Waals surface area contributed by atoms with Gasteiger partial charge in [0.05, 0.1) is 5.39 Å². The standard InChI is InChI=1S/C12H8ClN3O.C4H4O4/c13-8-1-2-10-11(7-8)17-16-12(10)15-9-3-5-14-6-4-9;5-3(6)1-2-4(7)8/h1-7H,(H,14,15,16);1-2H,(H,5,6)(H,7,8). The number of nitrogens with zero attached hydrogens (tertiary/aromatic N) is 2. The van der Waals surface area contributed by atoms with Crippen LogP contribution in [0.2, 0.25) is 5.02 Å². The van der Waals surface area contributed by atoms with E-state index >= 15 is 0 Å². The summed E-state index contributed by atoms with van der Waals surface area (Å²) >= 11 is 5.87. The molecule has 128 valence electrons. The van der Waals surface area contributed by atoms with Gasteiger partial charge in [0.2, 0.25) is 0 Å². The Kier molecular flexibility index (Phi) is 6.08. The van der Waals surface area contributed by atoms with E-state index in [1.54, 1.807) is 24.5 Å². The minimum Gasteiger partial charge on any atom is -0.478 e. The van der Waals surface area contributed by atoms with E-state index in [0.717, 1.165) is 11.1 Å². The maximum Gasteiger partial charge on any atom is 0.328 e. The summed E-state index contributed by atoms with van der Waals surface area (Å²) in [6, 6.07) is 9.13. The molecule has 0 radical (unpaired) electrons. The highest BCUT2D eigenvalue weighted by molar-refractivity contribution is 6.31. The summed E-state index contributed by atoms with van der Waals surface area (Å²) in [6.07, 6.45) is 4.54. The molecule has 0 fully saturated rings. The van der Waals surface area contributed by atoms with Crippen molar-refractivity contribution in [3.05, 3.63) is 59.9 Å². The Morgan fingerprint density at radius 2 is 1.72 bits per heavy atom. The number of fused-ring (bicyclic) bond motifs is 1. The highest BCUT2D eigenvalue weighted by atomic mass is 35.5. The number of carbonyl (C=O) groups is 2. The van der Waals surface area contributed by atoms with Crippen LogP contribution in [0.15, 0.2) is 59.4 Å². The molecule has 9 heteroatoms. The predicted molar refractivity (Wildman–Crippen MR) is 91.0 cm³/mol. The van der Waals surface area contributed by atoms with E-state index in [1.165, 1.54) is 0 Å². The molecule has 0 aliphatic carbocycles. The van der Waals surface area contributed by atoms with Crippen LogP contribution >= 0.6 is 11.6 Å². The maximum atomic E-state index is 9.55. The number of nitrogens with one attached hydrogen (secondary N) is 1. The molecule has 0 bridgehead atoms. The first-order valence-corrected chi connectivity index (χ1v) is 7.19. The van der Waals surface area contributed by atoms with Crippen LogP contribution < -0.4 is 5.32 Å². The van der Waals surface area contributed by atoms with E-state index in [0.29, 0.717) is 28.6 Å². The molecule has 0 saturated heterocycles. The van der Waals surface area contributed by atoms with E-state index in [1.807, 2.05) is 18.2 Å². The van der Waals surface area contributed by atoms with E-state index in [4.69, 9.17) is 26.3 Å². The smallest absolute Gasteiger partial charge is 0.328 e. The van der Waals surface area contributed by atoms with Crippen LogP contribution in [0.5, 0.6) is 0 Å². The molecule has 0 saturated carbocycles. The number of carboxylic acid groups (broad SMARTS) is 2. The molecule has 2 aromatic heterocycles. The molecule has 1 aromatic carbocycles. The monoisotopic (exact) mass is 361 g/mol. The third-order valence-electron chi connectivity index (χ3n) is 2.75. The quantitative estimate of drug-likeness (QED) is 0.604. The minimum absolute atomic E-state index is 0.558. The molecule has 3 rings (SSSR count). The van der Waals surface area contributed by atoms with Gasteiger partial charge in [-0.2, -0.15) is 0 Å². The first-order chi connectivity index (χ1) is 12.0. The second-order valence-electron chi connectivity index (χ2n) is 4.54. The lowest BCUT2D eigenvalue weighted by Gasteiger charge is -2.00. The molecule has 25 heavy (non-hydrogen) atoms. The van der Waals surface area contributed by atoms with Crippen molar-refractivity contribution in [2.45, 2.75) is 0 Å². The third-order valence-corrected chi connectivity index (χ3v) is 2.98. The summed E-state index contributed by atoms with van der Waals surface area (Å²) in [5.41, 5.74) is 1.57. The van der Waals surface area contributed by atoms with Crippen molar-refractivity contribution in [3.63, 3.8) is 0 Å². The van der Waals surface area contributed by atoms with E-state index < -0.39 is 11.9 Å². The third kappa shape index (κ3) is 5.63. The van der Waals surface area contributed by atoms with Gasteiger partial charge in [-0.05, 0) is 24.3 Å². The first-order valence-electron chi connectivity index (χ1n) is 6.81. The number of rotatable bonds is 4. The van der Waals surface area contributed by atoms with Crippen molar-refractivity contribution in [2.24, 2.45) is 0 Å². The van der Waals surface area contributed by atoms with Gasteiger partial charge in [-0.25, -0.2) is 9.59 Å².